The molecule has 1 aliphatic rings. The van der Waals surface area contributed by atoms with Crippen LogP contribution in [-0.2, 0) is 16.4 Å². The number of nitrogens with zero attached hydrogens (tertiary/aromatic N) is 1. The summed E-state index contributed by atoms with van der Waals surface area (Å²) in [7, 11) is -2.34. The monoisotopic (exact) mass is 339 g/mol. The second kappa shape index (κ2) is 5.70. The zero-order chi connectivity index (χ0) is 17.6. The van der Waals surface area contributed by atoms with E-state index in [1.807, 2.05) is 27.7 Å². The van der Waals surface area contributed by atoms with Crippen molar-refractivity contribution in [2.24, 2.45) is 10.7 Å². The first-order valence-corrected chi connectivity index (χ1v) is 9.05. The van der Waals surface area contributed by atoms with E-state index in [2.05, 4.69) is 9.71 Å². The lowest BCUT2D eigenvalue weighted by atomic mass is 9.88. The van der Waals surface area contributed by atoms with Gasteiger partial charge in [0.05, 0.1) is 4.90 Å². The molecule has 2 rings (SSSR count). The maximum atomic E-state index is 12.7. The lowest BCUT2D eigenvalue weighted by Gasteiger charge is -2.35. The Bertz CT molecular complexity index is 780. The Hall–Kier alpha value is -1.76. The molecule has 1 aliphatic heterocycles. The first-order chi connectivity index (χ1) is 10.5. The number of aliphatic imine (C=N–C) groups is 1. The van der Waals surface area contributed by atoms with Crippen LogP contribution >= 0.6 is 0 Å². The first-order valence-electron chi connectivity index (χ1n) is 7.57. The highest BCUT2D eigenvalue weighted by atomic mass is 32.2. The molecule has 0 unspecified atom stereocenters. The molecule has 0 spiro atoms. The fourth-order valence-electron chi connectivity index (χ4n) is 2.99. The van der Waals surface area contributed by atoms with Gasteiger partial charge in [0.1, 0.15) is 11.4 Å². The molecule has 0 radical (unpaired) electrons. The van der Waals surface area contributed by atoms with Gasteiger partial charge in [-0.1, -0.05) is 0 Å². The van der Waals surface area contributed by atoms with E-state index >= 15 is 0 Å². The van der Waals surface area contributed by atoms with Crippen molar-refractivity contribution in [3.63, 3.8) is 0 Å². The van der Waals surface area contributed by atoms with E-state index in [1.165, 1.54) is 7.05 Å². The maximum absolute atomic E-state index is 12.7. The summed E-state index contributed by atoms with van der Waals surface area (Å²) in [4.78, 5) is 3.93. The average molecular weight is 339 g/mol. The Kier molecular flexibility index (Phi) is 4.36. The lowest BCUT2D eigenvalue weighted by molar-refractivity contribution is 0.0832. The number of sulfonamides is 1. The number of guanidine groups is 1. The Morgan fingerprint density at radius 1 is 1.22 bits per heavy atom. The van der Waals surface area contributed by atoms with E-state index in [4.69, 9.17) is 10.5 Å². The fourth-order valence-corrected chi connectivity index (χ4v) is 4.54. The quantitative estimate of drug-likeness (QED) is 0.636. The molecule has 0 saturated carbocycles. The molecule has 0 aromatic heterocycles. The number of fused-ring (bicyclic) bond motifs is 1. The normalized spacial score (nSPS) is 17.4. The van der Waals surface area contributed by atoms with Gasteiger partial charge in [0.15, 0.2) is 0 Å². The van der Waals surface area contributed by atoms with Crippen molar-refractivity contribution in [2.75, 3.05) is 7.05 Å². The minimum absolute atomic E-state index is 0.128. The van der Waals surface area contributed by atoms with Crippen molar-refractivity contribution in [1.29, 1.82) is 0 Å². The summed E-state index contributed by atoms with van der Waals surface area (Å²) >= 11 is 0. The predicted molar refractivity (Wildman–Crippen MR) is 91.5 cm³/mol. The van der Waals surface area contributed by atoms with Crippen LogP contribution in [0.5, 0.6) is 5.75 Å². The van der Waals surface area contributed by atoms with Crippen LogP contribution in [-0.4, -0.2) is 27.0 Å². The third-order valence-corrected chi connectivity index (χ3v) is 6.04. The van der Waals surface area contributed by atoms with Gasteiger partial charge in [0, 0.05) is 7.05 Å². The number of ether oxygens (including phenoxy) is 1. The molecule has 23 heavy (non-hydrogen) atoms. The number of rotatable bonds is 2. The van der Waals surface area contributed by atoms with Crippen molar-refractivity contribution >= 4 is 16.0 Å². The van der Waals surface area contributed by atoms with Gasteiger partial charge in [-0.05, 0) is 69.7 Å². The van der Waals surface area contributed by atoms with Gasteiger partial charge in [-0.3, -0.25) is 4.99 Å². The molecular formula is C16H25N3O3S. The summed E-state index contributed by atoms with van der Waals surface area (Å²) in [5, 5.41) is 0. The van der Waals surface area contributed by atoms with Gasteiger partial charge in [0.2, 0.25) is 5.96 Å². The first kappa shape index (κ1) is 17.6. The van der Waals surface area contributed by atoms with Crippen LogP contribution in [0, 0.1) is 20.8 Å². The van der Waals surface area contributed by atoms with Gasteiger partial charge in [-0.15, -0.1) is 0 Å². The number of nitrogens with two attached hydrogens (primary N) is 1. The Morgan fingerprint density at radius 2 is 1.83 bits per heavy atom. The molecule has 0 saturated heterocycles. The fraction of sp³-hybridized carbons (Fsp3) is 0.562. The van der Waals surface area contributed by atoms with E-state index in [0.29, 0.717) is 5.56 Å². The molecular weight excluding hydrogens is 314 g/mol. The van der Waals surface area contributed by atoms with E-state index in [9.17, 15) is 8.42 Å². The van der Waals surface area contributed by atoms with Crippen LogP contribution in [0.25, 0.3) is 0 Å². The zero-order valence-electron chi connectivity index (χ0n) is 14.6. The van der Waals surface area contributed by atoms with Crippen LogP contribution in [0.2, 0.25) is 0 Å². The summed E-state index contributed by atoms with van der Waals surface area (Å²) in [6.45, 7) is 9.60. The average Bonchev–Trinajstić information content (AvgIpc) is 2.43. The number of hydrogen-bond donors (Lipinski definition) is 2. The van der Waals surface area contributed by atoms with Gasteiger partial charge >= 0.3 is 0 Å². The molecule has 1 aromatic rings. The largest absolute Gasteiger partial charge is 0.487 e. The predicted octanol–water partition coefficient (Wildman–Crippen LogP) is 1.94. The van der Waals surface area contributed by atoms with E-state index in [-0.39, 0.29) is 16.5 Å². The van der Waals surface area contributed by atoms with Crippen LogP contribution in [0.4, 0.5) is 0 Å². The summed E-state index contributed by atoms with van der Waals surface area (Å²) < 4.78 is 33.8. The molecule has 7 heteroatoms. The highest BCUT2D eigenvalue weighted by molar-refractivity contribution is 7.90. The lowest BCUT2D eigenvalue weighted by Crippen LogP contribution is -2.38. The van der Waals surface area contributed by atoms with Gasteiger partial charge < -0.3 is 10.5 Å². The third kappa shape index (κ3) is 3.15. The molecule has 128 valence electrons. The molecule has 0 amide bonds. The smallest absolute Gasteiger partial charge is 0.264 e. The van der Waals surface area contributed by atoms with Crippen LogP contribution in [0.15, 0.2) is 9.89 Å². The van der Waals surface area contributed by atoms with Gasteiger partial charge in [0.25, 0.3) is 10.0 Å². The number of nitrogens with one attached hydrogen (secondary N) is 1. The summed E-state index contributed by atoms with van der Waals surface area (Å²) in [6.07, 6.45) is 1.63. The minimum atomic E-state index is -3.78. The summed E-state index contributed by atoms with van der Waals surface area (Å²) in [6, 6.07) is 0. The molecule has 1 heterocycles. The Balaban J connectivity index is 2.68. The van der Waals surface area contributed by atoms with E-state index < -0.39 is 10.0 Å². The second-order valence-corrected chi connectivity index (χ2v) is 8.21. The summed E-state index contributed by atoms with van der Waals surface area (Å²) in [5.41, 5.74) is 8.51. The Morgan fingerprint density at radius 3 is 2.39 bits per heavy atom. The second-order valence-electron chi connectivity index (χ2n) is 6.59. The van der Waals surface area contributed by atoms with Gasteiger partial charge in [-0.25, -0.2) is 13.1 Å². The van der Waals surface area contributed by atoms with Crippen LogP contribution in [0.3, 0.4) is 0 Å². The van der Waals surface area contributed by atoms with Crippen LogP contribution < -0.4 is 15.2 Å². The zero-order valence-corrected chi connectivity index (χ0v) is 15.4. The van der Waals surface area contributed by atoms with E-state index in [1.54, 1.807) is 6.92 Å². The summed E-state index contributed by atoms with van der Waals surface area (Å²) in [5.74, 6) is 0.684. The molecule has 0 fully saturated rings. The van der Waals surface area contributed by atoms with Crippen molar-refractivity contribution in [1.82, 2.24) is 4.72 Å². The third-order valence-electron chi connectivity index (χ3n) is 4.42. The van der Waals surface area contributed by atoms with Crippen molar-refractivity contribution in [2.45, 2.75) is 58.0 Å². The number of benzene rings is 1. The molecule has 0 atom stereocenters. The molecule has 1 aromatic carbocycles. The van der Waals surface area contributed by atoms with Crippen molar-refractivity contribution < 1.29 is 13.2 Å². The SMILES string of the molecule is CN=C(N)NS(=O)(=O)c1c(C)c(C)c2c(c1C)CCC(C)(C)O2. The minimum Gasteiger partial charge on any atom is -0.487 e. The number of hydrogen-bond acceptors (Lipinski definition) is 4. The van der Waals surface area contributed by atoms with Gasteiger partial charge in [-0.2, -0.15) is 0 Å². The topological polar surface area (TPSA) is 93.8 Å². The molecule has 3 N–H and O–H groups in total. The molecule has 0 bridgehead atoms. The van der Waals surface area contributed by atoms with Crippen molar-refractivity contribution in [3.05, 3.63) is 22.3 Å². The Labute approximate surface area is 138 Å². The van der Waals surface area contributed by atoms with E-state index in [0.717, 1.165) is 35.3 Å². The highest BCUT2D eigenvalue weighted by Crippen LogP contribution is 2.41. The maximum Gasteiger partial charge on any atom is 0.264 e. The highest BCUT2D eigenvalue weighted by Gasteiger charge is 2.33. The van der Waals surface area contributed by atoms with Crippen molar-refractivity contribution in [3.8, 4) is 5.75 Å². The molecule has 0 aliphatic carbocycles. The molecule has 6 nitrogen and oxygen atoms in total. The van der Waals surface area contributed by atoms with Crippen LogP contribution in [0.1, 0.15) is 42.5 Å². The standard InChI is InChI=1S/C16H25N3O3S/c1-9-10(2)14(23(20,21)19-15(17)18-6)11(3)12-7-8-16(4,5)22-13(9)12/h7-8H2,1-6H3,(H3,17,18,19).